The summed E-state index contributed by atoms with van der Waals surface area (Å²) in [5, 5.41) is 6.70. The number of nitrogens with zero attached hydrogens (tertiary/aromatic N) is 1. The van der Waals surface area contributed by atoms with Crippen LogP contribution in [0.25, 0.3) is 11.1 Å². The lowest BCUT2D eigenvalue weighted by molar-refractivity contribution is -0.0499. The molecule has 2 aromatic rings. The van der Waals surface area contributed by atoms with E-state index in [9.17, 15) is 13.2 Å². The second-order valence-corrected chi connectivity index (χ2v) is 3.83. The fourth-order valence-electron chi connectivity index (χ4n) is 1.82. The molecule has 6 heteroatoms. The first kappa shape index (κ1) is 12.5. The van der Waals surface area contributed by atoms with Crippen molar-refractivity contribution in [1.82, 2.24) is 10.2 Å². The molecule has 1 N–H and O–H groups in total. The molecule has 2 rings (SSSR count). The second-order valence-electron chi connectivity index (χ2n) is 3.83. The molecule has 0 bridgehead atoms. The van der Waals surface area contributed by atoms with Gasteiger partial charge in [-0.2, -0.15) is 13.9 Å². The van der Waals surface area contributed by atoms with Gasteiger partial charge >= 0.3 is 6.61 Å². The molecule has 0 saturated carbocycles. The fraction of sp³-hybridized carbons (Fsp3) is 0.250. The summed E-state index contributed by atoms with van der Waals surface area (Å²) >= 11 is 0. The van der Waals surface area contributed by atoms with Crippen LogP contribution in [-0.2, 0) is 0 Å². The van der Waals surface area contributed by atoms with Crippen molar-refractivity contribution in [3.05, 3.63) is 35.4 Å². The Bertz CT molecular complexity index is 547. The van der Waals surface area contributed by atoms with Crippen LogP contribution in [0.15, 0.2) is 18.2 Å². The first-order valence-electron chi connectivity index (χ1n) is 5.25. The quantitative estimate of drug-likeness (QED) is 0.913. The molecule has 0 aliphatic heterocycles. The lowest BCUT2D eigenvalue weighted by Crippen LogP contribution is -2.02. The molecule has 0 unspecified atom stereocenters. The Kier molecular flexibility index (Phi) is 3.27. The van der Waals surface area contributed by atoms with Crippen molar-refractivity contribution in [2.75, 3.05) is 0 Å². The molecule has 1 aromatic carbocycles. The van der Waals surface area contributed by atoms with Gasteiger partial charge in [-0.3, -0.25) is 5.10 Å². The number of hydrogen-bond donors (Lipinski definition) is 1. The SMILES string of the molecule is Cc1n[nH]c(C)c1-c1ccc(OC(F)F)cc1F. The van der Waals surface area contributed by atoms with Crippen molar-refractivity contribution in [3.63, 3.8) is 0 Å². The van der Waals surface area contributed by atoms with Gasteiger partial charge in [0.15, 0.2) is 0 Å². The molecule has 0 radical (unpaired) electrons. The molecular formula is C12H11F3N2O. The van der Waals surface area contributed by atoms with E-state index < -0.39 is 12.4 Å². The van der Waals surface area contributed by atoms with Crippen molar-refractivity contribution in [2.45, 2.75) is 20.5 Å². The van der Waals surface area contributed by atoms with E-state index in [1.165, 1.54) is 12.1 Å². The van der Waals surface area contributed by atoms with Gasteiger partial charge in [0.2, 0.25) is 0 Å². The van der Waals surface area contributed by atoms with E-state index in [1.807, 2.05) is 0 Å². The van der Waals surface area contributed by atoms with Gasteiger partial charge in [0.25, 0.3) is 0 Å². The highest BCUT2D eigenvalue weighted by Gasteiger charge is 2.15. The maximum Gasteiger partial charge on any atom is 0.387 e. The third-order valence-corrected chi connectivity index (χ3v) is 2.56. The number of ether oxygens (including phenoxy) is 1. The molecule has 0 aliphatic carbocycles. The zero-order valence-electron chi connectivity index (χ0n) is 9.80. The minimum Gasteiger partial charge on any atom is -0.435 e. The topological polar surface area (TPSA) is 37.9 Å². The monoisotopic (exact) mass is 256 g/mol. The fourth-order valence-corrected chi connectivity index (χ4v) is 1.82. The maximum absolute atomic E-state index is 13.9. The molecular weight excluding hydrogens is 245 g/mol. The van der Waals surface area contributed by atoms with E-state index in [1.54, 1.807) is 13.8 Å². The Morgan fingerprint density at radius 1 is 1.28 bits per heavy atom. The van der Waals surface area contributed by atoms with Crippen LogP contribution in [0.2, 0.25) is 0 Å². The summed E-state index contributed by atoms with van der Waals surface area (Å²) in [6.45, 7) is 0.535. The highest BCUT2D eigenvalue weighted by atomic mass is 19.3. The maximum atomic E-state index is 13.9. The number of H-pyrrole nitrogens is 1. The van der Waals surface area contributed by atoms with E-state index in [2.05, 4.69) is 14.9 Å². The Hall–Kier alpha value is -1.98. The average Bonchev–Trinajstić information content (AvgIpc) is 2.59. The average molecular weight is 256 g/mol. The molecule has 0 saturated heterocycles. The second kappa shape index (κ2) is 4.72. The molecule has 0 fully saturated rings. The summed E-state index contributed by atoms with van der Waals surface area (Å²) in [7, 11) is 0. The number of halogens is 3. The molecule has 18 heavy (non-hydrogen) atoms. The number of benzene rings is 1. The molecule has 0 atom stereocenters. The highest BCUT2D eigenvalue weighted by Crippen LogP contribution is 2.30. The lowest BCUT2D eigenvalue weighted by atomic mass is 10.0. The van der Waals surface area contributed by atoms with Gasteiger partial charge in [-0.05, 0) is 26.0 Å². The summed E-state index contributed by atoms with van der Waals surface area (Å²) in [5.41, 5.74) is 2.30. The minimum absolute atomic E-state index is 0.204. The van der Waals surface area contributed by atoms with Gasteiger partial charge in [0, 0.05) is 22.9 Å². The van der Waals surface area contributed by atoms with Crippen LogP contribution in [0.1, 0.15) is 11.4 Å². The van der Waals surface area contributed by atoms with E-state index in [4.69, 9.17) is 0 Å². The van der Waals surface area contributed by atoms with E-state index >= 15 is 0 Å². The third-order valence-electron chi connectivity index (χ3n) is 2.56. The molecule has 0 spiro atoms. The van der Waals surface area contributed by atoms with Crippen molar-refractivity contribution < 1.29 is 17.9 Å². The summed E-state index contributed by atoms with van der Waals surface area (Å²) in [6, 6.07) is 3.64. The normalized spacial score (nSPS) is 11.0. The number of hydrogen-bond acceptors (Lipinski definition) is 2. The zero-order valence-corrected chi connectivity index (χ0v) is 9.80. The molecule has 0 amide bonds. The third kappa shape index (κ3) is 2.32. The number of rotatable bonds is 3. The molecule has 0 aliphatic rings. The zero-order chi connectivity index (χ0) is 13.3. The number of aromatic nitrogens is 2. The largest absolute Gasteiger partial charge is 0.435 e. The smallest absolute Gasteiger partial charge is 0.387 e. The van der Waals surface area contributed by atoms with Crippen LogP contribution in [0, 0.1) is 19.7 Å². The van der Waals surface area contributed by atoms with Gasteiger partial charge in [0.05, 0.1) is 5.69 Å². The predicted octanol–water partition coefficient (Wildman–Crippen LogP) is 3.43. The van der Waals surface area contributed by atoms with Crippen LogP contribution in [0.5, 0.6) is 5.75 Å². The van der Waals surface area contributed by atoms with Gasteiger partial charge < -0.3 is 4.74 Å². The molecule has 96 valence electrons. The Labute approximate surface area is 102 Å². The summed E-state index contributed by atoms with van der Waals surface area (Å²) < 4.78 is 42.0. The van der Waals surface area contributed by atoms with Crippen LogP contribution < -0.4 is 4.74 Å². The van der Waals surface area contributed by atoms with E-state index in [-0.39, 0.29) is 5.75 Å². The molecule has 1 heterocycles. The van der Waals surface area contributed by atoms with Gasteiger partial charge in [-0.15, -0.1) is 0 Å². The van der Waals surface area contributed by atoms with Crippen molar-refractivity contribution in [3.8, 4) is 16.9 Å². The standard InChI is InChI=1S/C12H11F3N2O/c1-6-11(7(2)17-16-6)9-4-3-8(5-10(9)13)18-12(14)15/h3-5,12H,1-2H3,(H,16,17). The number of alkyl halides is 2. The van der Waals surface area contributed by atoms with Crippen molar-refractivity contribution in [2.24, 2.45) is 0 Å². The van der Waals surface area contributed by atoms with E-state index in [0.29, 0.717) is 22.5 Å². The van der Waals surface area contributed by atoms with Crippen molar-refractivity contribution >= 4 is 0 Å². The molecule has 1 aromatic heterocycles. The molecule has 3 nitrogen and oxygen atoms in total. The minimum atomic E-state index is -2.97. The summed E-state index contributed by atoms with van der Waals surface area (Å²) in [4.78, 5) is 0. The number of aromatic amines is 1. The first-order valence-corrected chi connectivity index (χ1v) is 5.25. The highest BCUT2D eigenvalue weighted by molar-refractivity contribution is 5.69. The Balaban J connectivity index is 2.42. The number of aryl methyl sites for hydroxylation is 2. The predicted molar refractivity (Wildman–Crippen MR) is 60.1 cm³/mol. The Morgan fingerprint density at radius 2 is 2.00 bits per heavy atom. The van der Waals surface area contributed by atoms with Crippen LogP contribution in [0.3, 0.4) is 0 Å². The van der Waals surface area contributed by atoms with Crippen molar-refractivity contribution in [1.29, 1.82) is 0 Å². The number of nitrogens with one attached hydrogen (secondary N) is 1. The summed E-state index contributed by atoms with van der Waals surface area (Å²) in [6.07, 6.45) is 0. The Morgan fingerprint density at radius 3 is 2.50 bits per heavy atom. The van der Waals surface area contributed by atoms with Crippen LogP contribution in [-0.4, -0.2) is 16.8 Å². The van der Waals surface area contributed by atoms with Crippen LogP contribution >= 0.6 is 0 Å². The first-order chi connectivity index (χ1) is 8.49. The lowest BCUT2D eigenvalue weighted by Gasteiger charge is -2.07. The van der Waals surface area contributed by atoms with Crippen LogP contribution in [0.4, 0.5) is 13.2 Å². The van der Waals surface area contributed by atoms with Gasteiger partial charge in [-0.25, -0.2) is 4.39 Å². The van der Waals surface area contributed by atoms with Gasteiger partial charge in [-0.1, -0.05) is 0 Å². The summed E-state index contributed by atoms with van der Waals surface area (Å²) in [5.74, 6) is -0.828. The van der Waals surface area contributed by atoms with E-state index in [0.717, 1.165) is 6.07 Å². The van der Waals surface area contributed by atoms with Gasteiger partial charge in [0.1, 0.15) is 11.6 Å².